The summed E-state index contributed by atoms with van der Waals surface area (Å²) >= 11 is 0. The van der Waals surface area contributed by atoms with Crippen LogP contribution in [0.2, 0.25) is 0 Å². The van der Waals surface area contributed by atoms with Crippen molar-refractivity contribution in [2.75, 3.05) is 39.3 Å². The third-order valence-corrected chi connectivity index (χ3v) is 3.37. The smallest absolute Gasteiger partial charge is 0.0112 e. The largest absolute Gasteiger partial charge is 0.314 e. The van der Waals surface area contributed by atoms with E-state index in [1.54, 1.807) is 0 Å². The molecule has 1 N–H and O–H groups in total. The maximum absolute atomic E-state index is 3.54. The Labute approximate surface area is 109 Å². The van der Waals surface area contributed by atoms with Gasteiger partial charge in [0, 0.05) is 38.3 Å². The van der Waals surface area contributed by atoms with Crippen molar-refractivity contribution >= 4 is 0 Å². The first-order valence-electron chi connectivity index (χ1n) is 7.21. The molecule has 0 rings (SSSR count). The molecule has 0 bridgehead atoms. The molecule has 17 heavy (non-hydrogen) atoms. The number of hydrogen-bond acceptors (Lipinski definition) is 3. The number of nitrogens with zero attached hydrogens (tertiary/aromatic N) is 2. The second-order valence-corrected chi connectivity index (χ2v) is 5.20. The molecule has 0 amide bonds. The molecule has 3 heteroatoms. The molecule has 104 valence electrons. The summed E-state index contributed by atoms with van der Waals surface area (Å²) in [7, 11) is 0. The lowest BCUT2D eigenvalue weighted by Crippen LogP contribution is -2.42. The van der Waals surface area contributed by atoms with E-state index >= 15 is 0 Å². The second-order valence-electron chi connectivity index (χ2n) is 5.20. The minimum Gasteiger partial charge on any atom is -0.314 e. The molecule has 0 aromatic carbocycles. The average molecular weight is 243 g/mol. The highest BCUT2D eigenvalue weighted by Gasteiger charge is 2.11. The molecule has 0 aromatic rings. The molecule has 0 aliphatic heterocycles. The van der Waals surface area contributed by atoms with Crippen molar-refractivity contribution in [3.05, 3.63) is 0 Å². The maximum atomic E-state index is 3.54. The van der Waals surface area contributed by atoms with E-state index in [0.29, 0.717) is 12.1 Å². The molecule has 0 heterocycles. The number of rotatable bonds is 10. The molecular weight excluding hydrogens is 210 g/mol. The molecule has 0 fully saturated rings. The van der Waals surface area contributed by atoms with Crippen LogP contribution in [0.3, 0.4) is 0 Å². The Kier molecular flexibility index (Phi) is 9.79. The number of nitrogens with one attached hydrogen (secondary N) is 1. The zero-order chi connectivity index (χ0) is 13.3. The van der Waals surface area contributed by atoms with Gasteiger partial charge in [0.05, 0.1) is 0 Å². The fraction of sp³-hybridized carbons (Fsp3) is 1.00. The highest BCUT2D eigenvalue weighted by molar-refractivity contribution is 4.68. The standard InChI is InChI=1S/C14H33N3/c1-7-16(8-2)11-9-15-10-12-17(13(3)4)14(5)6/h13-15H,7-12H2,1-6H3. The molecule has 3 nitrogen and oxygen atoms in total. The molecular formula is C14H33N3. The molecule has 0 atom stereocenters. The molecule has 0 spiro atoms. The van der Waals surface area contributed by atoms with Crippen LogP contribution in [0.4, 0.5) is 0 Å². The quantitative estimate of drug-likeness (QED) is 0.592. The molecule has 0 aromatic heterocycles. The summed E-state index contributed by atoms with van der Waals surface area (Å²) in [5.74, 6) is 0. The summed E-state index contributed by atoms with van der Waals surface area (Å²) in [4.78, 5) is 4.99. The summed E-state index contributed by atoms with van der Waals surface area (Å²) in [5.41, 5.74) is 0. The van der Waals surface area contributed by atoms with E-state index in [4.69, 9.17) is 0 Å². The van der Waals surface area contributed by atoms with Crippen LogP contribution >= 0.6 is 0 Å². The van der Waals surface area contributed by atoms with Crippen LogP contribution in [0.15, 0.2) is 0 Å². The summed E-state index contributed by atoms with van der Waals surface area (Å²) in [5, 5.41) is 3.54. The molecule has 0 aliphatic rings. The van der Waals surface area contributed by atoms with Gasteiger partial charge in [-0.3, -0.25) is 4.90 Å². The lowest BCUT2D eigenvalue weighted by molar-refractivity contribution is 0.175. The van der Waals surface area contributed by atoms with Gasteiger partial charge in [0.15, 0.2) is 0 Å². The Hall–Kier alpha value is -0.120. The van der Waals surface area contributed by atoms with Gasteiger partial charge in [-0.2, -0.15) is 0 Å². The highest BCUT2D eigenvalue weighted by Crippen LogP contribution is 2.03. The number of likely N-dealkylation sites (N-methyl/N-ethyl adjacent to an activating group) is 1. The average Bonchev–Trinajstić information content (AvgIpc) is 2.27. The molecule has 0 unspecified atom stereocenters. The minimum absolute atomic E-state index is 0.639. The third-order valence-electron chi connectivity index (χ3n) is 3.37. The van der Waals surface area contributed by atoms with Gasteiger partial charge < -0.3 is 10.2 Å². The van der Waals surface area contributed by atoms with E-state index in [1.165, 1.54) is 0 Å². The van der Waals surface area contributed by atoms with Crippen LogP contribution in [-0.2, 0) is 0 Å². The predicted octanol–water partition coefficient (Wildman–Crippen LogP) is 2.04. The molecule has 0 radical (unpaired) electrons. The molecule has 0 saturated heterocycles. The van der Waals surface area contributed by atoms with Gasteiger partial charge in [0.2, 0.25) is 0 Å². The highest BCUT2D eigenvalue weighted by atomic mass is 15.2. The Bertz CT molecular complexity index is 157. The first kappa shape index (κ1) is 16.9. The van der Waals surface area contributed by atoms with Crippen molar-refractivity contribution in [1.29, 1.82) is 0 Å². The Balaban J connectivity index is 3.62. The maximum Gasteiger partial charge on any atom is 0.0112 e. The number of hydrogen-bond donors (Lipinski definition) is 1. The topological polar surface area (TPSA) is 18.5 Å². The SMILES string of the molecule is CCN(CC)CCNCCN(C(C)C)C(C)C. The predicted molar refractivity (Wildman–Crippen MR) is 77.6 cm³/mol. The summed E-state index contributed by atoms with van der Waals surface area (Å²) in [6.45, 7) is 20.4. The van der Waals surface area contributed by atoms with Crippen molar-refractivity contribution in [3.8, 4) is 0 Å². The summed E-state index contributed by atoms with van der Waals surface area (Å²) in [6, 6.07) is 1.28. The summed E-state index contributed by atoms with van der Waals surface area (Å²) < 4.78 is 0. The minimum atomic E-state index is 0.639. The van der Waals surface area contributed by atoms with Crippen LogP contribution in [0, 0.1) is 0 Å². The van der Waals surface area contributed by atoms with Crippen molar-refractivity contribution in [1.82, 2.24) is 15.1 Å². The van der Waals surface area contributed by atoms with Gasteiger partial charge in [0.25, 0.3) is 0 Å². The van der Waals surface area contributed by atoms with Gasteiger partial charge in [-0.15, -0.1) is 0 Å². The summed E-state index contributed by atoms with van der Waals surface area (Å²) in [6.07, 6.45) is 0. The second kappa shape index (κ2) is 9.86. The van der Waals surface area contributed by atoms with E-state index in [2.05, 4.69) is 56.7 Å². The Morgan fingerprint density at radius 1 is 0.824 bits per heavy atom. The van der Waals surface area contributed by atoms with Crippen molar-refractivity contribution in [3.63, 3.8) is 0 Å². The zero-order valence-electron chi connectivity index (χ0n) is 12.8. The van der Waals surface area contributed by atoms with Crippen molar-refractivity contribution in [2.24, 2.45) is 0 Å². The van der Waals surface area contributed by atoms with Crippen LogP contribution in [0.25, 0.3) is 0 Å². The lowest BCUT2D eigenvalue weighted by Gasteiger charge is -2.30. The van der Waals surface area contributed by atoms with Crippen LogP contribution < -0.4 is 5.32 Å². The van der Waals surface area contributed by atoms with Crippen LogP contribution in [0.5, 0.6) is 0 Å². The fourth-order valence-corrected chi connectivity index (χ4v) is 2.22. The van der Waals surface area contributed by atoms with Gasteiger partial charge >= 0.3 is 0 Å². The van der Waals surface area contributed by atoms with Crippen LogP contribution in [-0.4, -0.2) is 61.2 Å². The van der Waals surface area contributed by atoms with E-state index in [9.17, 15) is 0 Å². The van der Waals surface area contributed by atoms with E-state index < -0.39 is 0 Å². The van der Waals surface area contributed by atoms with Gasteiger partial charge in [0.1, 0.15) is 0 Å². The normalized spacial score (nSPS) is 12.4. The van der Waals surface area contributed by atoms with Crippen molar-refractivity contribution < 1.29 is 0 Å². The van der Waals surface area contributed by atoms with Crippen LogP contribution in [0.1, 0.15) is 41.5 Å². The van der Waals surface area contributed by atoms with Crippen molar-refractivity contribution in [2.45, 2.75) is 53.6 Å². The Morgan fingerprint density at radius 2 is 1.29 bits per heavy atom. The third kappa shape index (κ3) is 7.74. The fourth-order valence-electron chi connectivity index (χ4n) is 2.22. The van der Waals surface area contributed by atoms with Gasteiger partial charge in [-0.1, -0.05) is 13.8 Å². The molecule has 0 aliphatic carbocycles. The zero-order valence-corrected chi connectivity index (χ0v) is 12.8. The first-order chi connectivity index (χ1) is 8.02. The molecule has 0 saturated carbocycles. The van der Waals surface area contributed by atoms with E-state index in [1.807, 2.05) is 0 Å². The monoisotopic (exact) mass is 243 g/mol. The van der Waals surface area contributed by atoms with Gasteiger partial charge in [-0.05, 0) is 40.8 Å². The first-order valence-corrected chi connectivity index (χ1v) is 7.21. The Morgan fingerprint density at radius 3 is 1.71 bits per heavy atom. The van der Waals surface area contributed by atoms with E-state index in [-0.39, 0.29) is 0 Å². The lowest BCUT2D eigenvalue weighted by atomic mass is 10.2. The van der Waals surface area contributed by atoms with Gasteiger partial charge in [-0.25, -0.2) is 0 Å². The van der Waals surface area contributed by atoms with E-state index in [0.717, 1.165) is 39.3 Å².